The zero-order chi connectivity index (χ0) is 21.4. The monoisotopic (exact) mass is 414 g/mol. The fraction of sp³-hybridized carbons (Fsp3) is 0.368. The first kappa shape index (κ1) is 22.1. The summed E-state index contributed by atoms with van der Waals surface area (Å²) >= 11 is 0. The Morgan fingerprint density at radius 1 is 1.10 bits per heavy atom. The zero-order valence-electron chi connectivity index (χ0n) is 16.1. The van der Waals surface area contributed by atoms with Crippen LogP contribution in [0.1, 0.15) is 11.1 Å². The van der Waals surface area contributed by atoms with Gasteiger partial charge in [0.15, 0.2) is 18.1 Å². The van der Waals surface area contributed by atoms with Crippen molar-refractivity contribution in [1.29, 1.82) is 0 Å². The van der Waals surface area contributed by atoms with Crippen molar-refractivity contribution in [3.8, 4) is 23.1 Å². The third-order valence-electron chi connectivity index (χ3n) is 3.79. The first-order chi connectivity index (χ1) is 13.8. The van der Waals surface area contributed by atoms with Crippen LogP contribution in [-0.4, -0.2) is 45.0 Å². The van der Waals surface area contributed by atoms with E-state index in [1.807, 2.05) is 0 Å². The van der Waals surface area contributed by atoms with Crippen LogP contribution in [0.5, 0.6) is 23.1 Å². The average molecular weight is 414 g/mol. The zero-order valence-corrected chi connectivity index (χ0v) is 16.1. The van der Waals surface area contributed by atoms with Crippen LogP contribution in [0.15, 0.2) is 30.5 Å². The van der Waals surface area contributed by atoms with Crippen LogP contribution in [0.4, 0.5) is 13.2 Å². The van der Waals surface area contributed by atoms with Crippen molar-refractivity contribution in [3.05, 3.63) is 41.6 Å². The van der Waals surface area contributed by atoms with Gasteiger partial charge < -0.3 is 24.3 Å². The Kier molecular flexibility index (Phi) is 7.52. The lowest BCUT2D eigenvalue weighted by molar-refractivity contribution is -0.154. The Balaban J connectivity index is 2.04. The molecule has 1 aromatic carbocycles. The van der Waals surface area contributed by atoms with Gasteiger partial charge in [0.1, 0.15) is 0 Å². The molecule has 0 saturated heterocycles. The number of hydrogen-bond acceptors (Lipinski definition) is 6. The second kappa shape index (κ2) is 9.85. The molecule has 0 spiro atoms. The van der Waals surface area contributed by atoms with Crippen LogP contribution in [0, 0.1) is 0 Å². The molecule has 2 aromatic rings. The van der Waals surface area contributed by atoms with Crippen molar-refractivity contribution >= 4 is 5.91 Å². The van der Waals surface area contributed by atoms with E-state index in [-0.39, 0.29) is 24.8 Å². The maximum absolute atomic E-state index is 12.4. The van der Waals surface area contributed by atoms with E-state index in [0.717, 1.165) is 0 Å². The third kappa shape index (κ3) is 6.44. The molecule has 1 N–H and O–H groups in total. The van der Waals surface area contributed by atoms with E-state index >= 15 is 0 Å². The highest BCUT2D eigenvalue weighted by atomic mass is 19.4. The summed E-state index contributed by atoms with van der Waals surface area (Å²) in [5, 5.41) is 2.64. The second-order valence-corrected chi connectivity index (χ2v) is 5.86. The van der Waals surface area contributed by atoms with Gasteiger partial charge in [0.25, 0.3) is 0 Å². The fourth-order valence-electron chi connectivity index (χ4n) is 2.52. The molecule has 0 bridgehead atoms. The predicted molar refractivity (Wildman–Crippen MR) is 97.4 cm³/mol. The van der Waals surface area contributed by atoms with Gasteiger partial charge >= 0.3 is 6.18 Å². The number of carbonyl (C=O) groups excluding carboxylic acids is 1. The molecule has 0 unspecified atom stereocenters. The summed E-state index contributed by atoms with van der Waals surface area (Å²) in [5.41, 5.74) is 0.937. The Bertz CT molecular complexity index is 818. The molecular formula is C19H21F3N2O5. The third-order valence-corrected chi connectivity index (χ3v) is 3.79. The highest BCUT2D eigenvalue weighted by Crippen LogP contribution is 2.38. The number of rotatable bonds is 9. The van der Waals surface area contributed by atoms with Gasteiger partial charge in [-0.05, 0) is 23.8 Å². The standard InChI is InChI=1S/C19H21F3N2O5/c1-26-14-7-12(8-15(27-2)17(14)28-3)9-16(25)24-10-13-5-4-6-23-18(13)29-11-19(20,21)22/h4-8H,9-11H2,1-3H3,(H,24,25). The molecule has 29 heavy (non-hydrogen) atoms. The van der Waals surface area contributed by atoms with E-state index in [1.54, 1.807) is 18.2 Å². The quantitative estimate of drug-likeness (QED) is 0.680. The maximum atomic E-state index is 12.4. The van der Waals surface area contributed by atoms with E-state index < -0.39 is 12.8 Å². The number of nitrogens with one attached hydrogen (secondary N) is 1. The van der Waals surface area contributed by atoms with E-state index in [1.165, 1.54) is 33.6 Å². The lowest BCUT2D eigenvalue weighted by Gasteiger charge is -2.14. The van der Waals surface area contributed by atoms with Gasteiger partial charge in [-0.25, -0.2) is 4.98 Å². The van der Waals surface area contributed by atoms with Gasteiger partial charge in [-0.3, -0.25) is 4.79 Å². The average Bonchev–Trinajstić information content (AvgIpc) is 2.69. The lowest BCUT2D eigenvalue weighted by Crippen LogP contribution is -2.26. The molecule has 1 aromatic heterocycles. The molecule has 0 aliphatic heterocycles. The minimum atomic E-state index is -4.48. The SMILES string of the molecule is COc1cc(CC(=O)NCc2cccnc2OCC(F)(F)F)cc(OC)c1OC. The van der Waals surface area contributed by atoms with Crippen molar-refractivity contribution in [2.75, 3.05) is 27.9 Å². The number of hydrogen-bond donors (Lipinski definition) is 1. The number of halogens is 3. The minimum Gasteiger partial charge on any atom is -0.493 e. The summed E-state index contributed by atoms with van der Waals surface area (Å²) in [6, 6.07) is 6.35. The van der Waals surface area contributed by atoms with Crippen molar-refractivity contribution < 1.29 is 36.9 Å². The van der Waals surface area contributed by atoms with Crippen LogP contribution in [0.2, 0.25) is 0 Å². The van der Waals surface area contributed by atoms with Gasteiger partial charge in [0.05, 0.1) is 27.8 Å². The first-order valence-corrected chi connectivity index (χ1v) is 8.46. The number of nitrogens with zero attached hydrogens (tertiary/aromatic N) is 1. The smallest absolute Gasteiger partial charge is 0.422 e. The van der Waals surface area contributed by atoms with Crippen LogP contribution in [-0.2, 0) is 17.8 Å². The number of benzene rings is 1. The molecule has 0 fully saturated rings. The molecule has 1 amide bonds. The number of amides is 1. The highest BCUT2D eigenvalue weighted by Gasteiger charge is 2.29. The summed E-state index contributed by atoms with van der Waals surface area (Å²) in [5.74, 6) is 0.679. The topological polar surface area (TPSA) is 78.9 Å². The number of aromatic nitrogens is 1. The maximum Gasteiger partial charge on any atom is 0.422 e. The Labute approximate surface area is 165 Å². The van der Waals surface area contributed by atoms with E-state index in [2.05, 4.69) is 10.3 Å². The number of carbonyl (C=O) groups is 1. The van der Waals surface area contributed by atoms with Crippen LogP contribution < -0.4 is 24.3 Å². The normalized spacial score (nSPS) is 11.0. The molecule has 1 heterocycles. The summed E-state index contributed by atoms with van der Waals surface area (Å²) in [7, 11) is 4.40. The summed E-state index contributed by atoms with van der Waals surface area (Å²) in [6.07, 6.45) is -3.17. The van der Waals surface area contributed by atoms with Gasteiger partial charge in [-0.1, -0.05) is 6.07 Å². The van der Waals surface area contributed by atoms with E-state index in [0.29, 0.717) is 28.4 Å². The first-order valence-electron chi connectivity index (χ1n) is 8.46. The van der Waals surface area contributed by atoms with Gasteiger partial charge in [-0.2, -0.15) is 13.2 Å². The number of alkyl halides is 3. The van der Waals surface area contributed by atoms with Crippen LogP contribution in [0.3, 0.4) is 0 Å². The lowest BCUT2D eigenvalue weighted by atomic mass is 10.1. The number of ether oxygens (including phenoxy) is 4. The molecule has 0 aliphatic rings. The van der Waals surface area contributed by atoms with Crippen molar-refractivity contribution in [3.63, 3.8) is 0 Å². The van der Waals surface area contributed by atoms with Gasteiger partial charge in [-0.15, -0.1) is 0 Å². The van der Waals surface area contributed by atoms with Gasteiger partial charge in [0, 0.05) is 18.3 Å². The Morgan fingerprint density at radius 3 is 2.31 bits per heavy atom. The molecule has 0 saturated carbocycles. The summed E-state index contributed by atoms with van der Waals surface area (Å²) in [4.78, 5) is 16.1. The second-order valence-electron chi connectivity index (χ2n) is 5.86. The fourth-order valence-corrected chi connectivity index (χ4v) is 2.52. The van der Waals surface area contributed by atoms with Crippen LogP contribution >= 0.6 is 0 Å². The number of methoxy groups -OCH3 is 3. The van der Waals surface area contributed by atoms with E-state index in [4.69, 9.17) is 18.9 Å². The highest BCUT2D eigenvalue weighted by molar-refractivity contribution is 5.79. The van der Waals surface area contributed by atoms with Crippen molar-refractivity contribution in [1.82, 2.24) is 10.3 Å². The van der Waals surface area contributed by atoms with E-state index in [9.17, 15) is 18.0 Å². The molecule has 2 rings (SSSR count). The molecule has 7 nitrogen and oxygen atoms in total. The van der Waals surface area contributed by atoms with Crippen molar-refractivity contribution in [2.45, 2.75) is 19.1 Å². The van der Waals surface area contributed by atoms with Gasteiger partial charge in [0.2, 0.25) is 17.5 Å². The molecule has 0 atom stereocenters. The summed E-state index contributed by atoms with van der Waals surface area (Å²) in [6.45, 7) is -1.50. The van der Waals surface area contributed by atoms with Crippen molar-refractivity contribution in [2.24, 2.45) is 0 Å². The molecular weight excluding hydrogens is 393 g/mol. The largest absolute Gasteiger partial charge is 0.493 e. The molecule has 0 aliphatic carbocycles. The summed E-state index contributed by atoms with van der Waals surface area (Å²) < 4.78 is 57.5. The Morgan fingerprint density at radius 2 is 1.76 bits per heavy atom. The molecule has 0 radical (unpaired) electrons. The minimum absolute atomic E-state index is 0.00425. The van der Waals surface area contributed by atoms with Crippen LogP contribution in [0.25, 0.3) is 0 Å². The molecule has 10 heteroatoms. The predicted octanol–water partition coefficient (Wildman–Crippen LogP) is 2.91. The molecule has 158 valence electrons. The Hall–Kier alpha value is -3.17. The number of pyridine rings is 1.